The van der Waals surface area contributed by atoms with Gasteiger partial charge in [-0.3, -0.25) is 4.79 Å². The summed E-state index contributed by atoms with van der Waals surface area (Å²) < 4.78 is 5.40. The fourth-order valence-electron chi connectivity index (χ4n) is 2.78. The number of hydrogen-bond acceptors (Lipinski definition) is 4. The van der Waals surface area contributed by atoms with Crippen LogP contribution in [-0.4, -0.2) is 36.2 Å². The number of oxime groups is 1. The highest BCUT2D eigenvalue weighted by Gasteiger charge is 2.42. The zero-order valence-electron chi connectivity index (χ0n) is 12.5. The molecule has 1 amide bonds. The summed E-state index contributed by atoms with van der Waals surface area (Å²) in [4.78, 5) is 12.5. The Labute approximate surface area is 120 Å². The van der Waals surface area contributed by atoms with E-state index in [0.717, 1.165) is 25.7 Å². The molecule has 4 N–H and O–H groups in total. The Morgan fingerprint density at radius 2 is 2.00 bits per heavy atom. The monoisotopic (exact) mass is 285 g/mol. The number of amidine groups is 1. The molecule has 1 aliphatic rings. The number of nitrogens with two attached hydrogens (primary N) is 1. The Balaban J connectivity index is 2.74. The molecule has 1 unspecified atom stereocenters. The molecule has 20 heavy (non-hydrogen) atoms. The lowest BCUT2D eigenvalue weighted by Gasteiger charge is -2.30. The summed E-state index contributed by atoms with van der Waals surface area (Å²) >= 11 is 0. The Morgan fingerprint density at radius 1 is 1.40 bits per heavy atom. The van der Waals surface area contributed by atoms with E-state index in [-0.39, 0.29) is 17.8 Å². The van der Waals surface area contributed by atoms with Gasteiger partial charge in [0.05, 0.1) is 6.10 Å². The average molecular weight is 285 g/mol. The largest absolute Gasteiger partial charge is 0.409 e. The maximum atomic E-state index is 12.5. The molecule has 1 saturated carbocycles. The second kappa shape index (κ2) is 8.09. The number of rotatable bonds is 6. The van der Waals surface area contributed by atoms with Gasteiger partial charge in [0.2, 0.25) is 5.91 Å². The first-order valence-electron chi connectivity index (χ1n) is 7.44. The van der Waals surface area contributed by atoms with Gasteiger partial charge in [0.1, 0.15) is 5.41 Å². The third kappa shape index (κ3) is 4.10. The molecule has 1 aliphatic carbocycles. The molecule has 0 bridgehead atoms. The number of amides is 1. The van der Waals surface area contributed by atoms with Gasteiger partial charge < -0.3 is 21.0 Å². The standard InChI is InChI=1S/C14H27N3O3/c1-3-20-11(2)10-16-13(18)14(12(15)17-19)8-6-4-5-7-9-14/h11,19H,3-10H2,1-2H3,(H2,15,17)(H,16,18). The van der Waals surface area contributed by atoms with Gasteiger partial charge in [-0.1, -0.05) is 30.8 Å². The molecule has 0 heterocycles. The third-order valence-corrected chi connectivity index (χ3v) is 3.99. The second-order valence-electron chi connectivity index (χ2n) is 5.46. The van der Waals surface area contributed by atoms with Crippen LogP contribution in [0.4, 0.5) is 0 Å². The van der Waals surface area contributed by atoms with Gasteiger partial charge in [-0.2, -0.15) is 0 Å². The SMILES string of the molecule is CCOC(C)CNC(=O)C1(C(N)=NO)CCCCCC1. The fourth-order valence-corrected chi connectivity index (χ4v) is 2.78. The number of hydrogen-bond donors (Lipinski definition) is 3. The van der Waals surface area contributed by atoms with E-state index < -0.39 is 5.41 Å². The van der Waals surface area contributed by atoms with Crippen molar-refractivity contribution in [1.29, 1.82) is 0 Å². The van der Waals surface area contributed by atoms with E-state index in [2.05, 4.69) is 10.5 Å². The minimum absolute atomic E-state index is 0.0287. The van der Waals surface area contributed by atoms with Gasteiger partial charge in [0.25, 0.3) is 0 Å². The van der Waals surface area contributed by atoms with Crippen LogP contribution < -0.4 is 11.1 Å². The summed E-state index contributed by atoms with van der Waals surface area (Å²) in [5.74, 6) is -0.123. The van der Waals surface area contributed by atoms with E-state index >= 15 is 0 Å². The number of ether oxygens (including phenoxy) is 1. The van der Waals surface area contributed by atoms with Crippen molar-refractivity contribution in [1.82, 2.24) is 5.32 Å². The minimum Gasteiger partial charge on any atom is -0.409 e. The molecular formula is C14H27N3O3. The quantitative estimate of drug-likeness (QED) is 0.227. The molecule has 0 aromatic rings. The summed E-state index contributed by atoms with van der Waals surface area (Å²) in [5, 5.41) is 15.0. The molecule has 0 aromatic carbocycles. The van der Waals surface area contributed by atoms with Crippen LogP contribution in [0.5, 0.6) is 0 Å². The molecule has 0 aromatic heterocycles. The normalized spacial score (nSPS) is 21.0. The Kier molecular flexibility index (Phi) is 6.78. The zero-order valence-corrected chi connectivity index (χ0v) is 12.5. The van der Waals surface area contributed by atoms with E-state index in [1.54, 1.807) is 0 Å². The van der Waals surface area contributed by atoms with E-state index in [1.807, 2.05) is 13.8 Å². The number of carbonyl (C=O) groups is 1. The lowest BCUT2D eigenvalue weighted by molar-refractivity contribution is -0.128. The maximum Gasteiger partial charge on any atom is 0.234 e. The molecule has 1 fully saturated rings. The van der Waals surface area contributed by atoms with E-state index in [1.165, 1.54) is 0 Å². The molecule has 1 atom stereocenters. The number of nitrogens with one attached hydrogen (secondary N) is 1. The average Bonchev–Trinajstić information content (AvgIpc) is 2.71. The van der Waals surface area contributed by atoms with Crippen molar-refractivity contribution >= 4 is 11.7 Å². The molecule has 6 nitrogen and oxygen atoms in total. The number of nitrogens with zero attached hydrogens (tertiary/aromatic N) is 1. The van der Waals surface area contributed by atoms with Crippen LogP contribution in [-0.2, 0) is 9.53 Å². The van der Waals surface area contributed by atoms with Crippen molar-refractivity contribution in [2.24, 2.45) is 16.3 Å². The van der Waals surface area contributed by atoms with Crippen molar-refractivity contribution in [3.8, 4) is 0 Å². The van der Waals surface area contributed by atoms with Gasteiger partial charge in [-0.15, -0.1) is 0 Å². The first-order valence-corrected chi connectivity index (χ1v) is 7.44. The maximum absolute atomic E-state index is 12.5. The van der Waals surface area contributed by atoms with E-state index in [9.17, 15) is 4.79 Å². The minimum atomic E-state index is -0.864. The first kappa shape index (κ1) is 16.8. The highest BCUT2D eigenvalue weighted by molar-refractivity contribution is 6.06. The zero-order chi connectivity index (χ0) is 15.0. The summed E-state index contributed by atoms with van der Waals surface area (Å²) in [6.45, 7) is 4.88. The van der Waals surface area contributed by atoms with Gasteiger partial charge >= 0.3 is 0 Å². The van der Waals surface area contributed by atoms with Gasteiger partial charge in [0.15, 0.2) is 5.84 Å². The summed E-state index contributed by atoms with van der Waals surface area (Å²) in [6, 6.07) is 0. The molecule has 0 radical (unpaired) electrons. The lowest BCUT2D eigenvalue weighted by Crippen LogP contribution is -2.51. The van der Waals surface area contributed by atoms with Crippen molar-refractivity contribution in [2.75, 3.05) is 13.2 Å². The highest BCUT2D eigenvalue weighted by atomic mass is 16.5. The Hall–Kier alpha value is -1.30. The molecule has 0 spiro atoms. The van der Waals surface area contributed by atoms with Crippen molar-refractivity contribution < 1.29 is 14.7 Å². The lowest BCUT2D eigenvalue weighted by atomic mass is 9.78. The third-order valence-electron chi connectivity index (χ3n) is 3.99. The topological polar surface area (TPSA) is 96.9 Å². The Bertz CT molecular complexity index is 337. The van der Waals surface area contributed by atoms with Gasteiger partial charge in [-0.25, -0.2) is 0 Å². The van der Waals surface area contributed by atoms with Crippen LogP contribution >= 0.6 is 0 Å². The smallest absolute Gasteiger partial charge is 0.234 e. The van der Waals surface area contributed by atoms with Crippen LogP contribution in [0.15, 0.2) is 5.16 Å². The van der Waals surface area contributed by atoms with Crippen molar-refractivity contribution in [2.45, 2.75) is 58.5 Å². The van der Waals surface area contributed by atoms with Crippen LogP contribution in [0.3, 0.4) is 0 Å². The molecule has 0 saturated heterocycles. The van der Waals surface area contributed by atoms with Gasteiger partial charge in [0, 0.05) is 13.2 Å². The predicted octanol–water partition coefficient (Wildman–Crippen LogP) is 1.61. The highest BCUT2D eigenvalue weighted by Crippen LogP contribution is 2.35. The van der Waals surface area contributed by atoms with Gasteiger partial charge in [-0.05, 0) is 26.7 Å². The molecule has 0 aliphatic heterocycles. The second-order valence-corrected chi connectivity index (χ2v) is 5.46. The van der Waals surface area contributed by atoms with E-state index in [4.69, 9.17) is 15.7 Å². The van der Waals surface area contributed by atoms with Crippen molar-refractivity contribution in [3.63, 3.8) is 0 Å². The summed E-state index contributed by atoms with van der Waals surface area (Å²) in [6.07, 6.45) is 5.25. The molecule has 6 heteroatoms. The Morgan fingerprint density at radius 3 is 2.50 bits per heavy atom. The summed E-state index contributed by atoms with van der Waals surface area (Å²) in [7, 11) is 0. The predicted molar refractivity (Wildman–Crippen MR) is 77.6 cm³/mol. The molecule has 116 valence electrons. The first-order chi connectivity index (χ1) is 9.56. The number of carbonyl (C=O) groups excluding carboxylic acids is 1. The summed E-state index contributed by atoms with van der Waals surface area (Å²) in [5.41, 5.74) is 4.96. The van der Waals surface area contributed by atoms with Crippen molar-refractivity contribution in [3.05, 3.63) is 0 Å². The van der Waals surface area contributed by atoms with Crippen LogP contribution in [0.25, 0.3) is 0 Å². The molecular weight excluding hydrogens is 258 g/mol. The van der Waals surface area contributed by atoms with Crippen LogP contribution in [0.1, 0.15) is 52.4 Å². The van der Waals surface area contributed by atoms with Crippen LogP contribution in [0.2, 0.25) is 0 Å². The van der Waals surface area contributed by atoms with E-state index in [0.29, 0.717) is 26.0 Å². The fraction of sp³-hybridized carbons (Fsp3) is 0.857. The van der Waals surface area contributed by atoms with Crippen LogP contribution in [0, 0.1) is 5.41 Å². The molecule has 1 rings (SSSR count).